The predicted octanol–water partition coefficient (Wildman–Crippen LogP) is 2.37. The molecule has 0 spiro atoms. The number of rotatable bonds is 3. The third-order valence-corrected chi connectivity index (χ3v) is 4.26. The van der Waals surface area contributed by atoms with Crippen LogP contribution in [-0.2, 0) is 0 Å². The van der Waals surface area contributed by atoms with Crippen LogP contribution in [0.25, 0.3) is 0 Å². The minimum Gasteiger partial charge on any atom is -0.339 e. The Bertz CT molecular complexity index is 683. The standard InChI is InChI=1S/C16H18BrN5O/c1-21-7-9-22(10-8-21)16(23)14-5-6-15(20-19-14)18-13-4-2-3-12(17)11-13/h2-6,11H,7-10H2,1H3,(H,18,20). The van der Waals surface area contributed by atoms with Crippen LogP contribution < -0.4 is 5.32 Å². The number of aromatic nitrogens is 2. The Kier molecular flexibility index (Phi) is 4.88. The van der Waals surface area contributed by atoms with Crippen molar-refractivity contribution in [3.05, 3.63) is 46.6 Å². The van der Waals surface area contributed by atoms with Gasteiger partial charge in [0.25, 0.3) is 5.91 Å². The zero-order valence-corrected chi connectivity index (χ0v) is 14.5. The second kappa shape index (κ2) is 7.06. The van der Waals surface area contributed by atoms with E-state index in [2.05, 4.69) is 43.4 Å². The molecule has 1 fully saturated rings. The number of anilines is 2. The van der Waals surface area contributed by atoms with Gasteiger partial charge in [-0.1, -0.05) is 22.0 Å². The first-order chi connectivity index (χ1) is 11.1. The van der Waals surface area contributed by atoms with E-state index in [0.717, 1.165) is 36.3 Å². The smallest absolute Gasteiger partial charge is 0.274 e. The van der Waals surface area contributed by atoms with E-state index in [0.29, 0.717) is 11.5 Å². The molecule has 0 bridgehead atoms. The van der Waals surface area contributed by atoms with Gasteiger partial charge in [-0.25, -0.2) is 0 Å². The molecule has 2 heterocycles. The monoisotopic (exact) mass is 375 g/mol. The number of nitrogens with one attached hydrogen (secondary N) is 1. The summed E-state index contributed by atoms with van der Waals surface area (Å²) < 4.78 is 0.984. The molecule has 3 rings (SSSR count). The number of hydrogen-bond acceptors (Lipinski definition) is 5. The first-order valence-corrected chi connectivity index (χ1v) is 8.25. The van der Waals surface area contributed by atoms with Crippen LogP contribution in [-0.4, -0.2) is 59.1 Å². The highest BCUT2D eigenvalue weighted by atomic mass is 79.9. The van der Waals surface area contributed by atoms with E-state index >= 15 is 0 Å². The molecule has 1 aliphatic rings. The first-order valence-electron chi connectivity index (χ1n) is 7.46. The van der Waals surface area contributed by atoms with E-state index in [1.54, 1.807) is 12.1 Å². The summed E-state index contributed by atoms with van der Waals surface area (Å²) in [5.74, 6) is 0.553. The maximum absolute atomic E-state index is 12.4. The Morgan fingerprint density at radius 2 is 1.91 bits per heavy atom. The second-order valence-corrected chi connectivity index (χ2v) is 6.45. The molecule has 120 valence electrons. The van der Waals surface area contributed by atoms with Crippen LogP contribution in [0.1, 0.15) is 10.5 Å². The van der Waals surface area contributed by atoms with E-state index in [-0.39, 0.29) is 5.91 Å². The molecule has 1 aromatic heterocycles. The summed E-state index contributed by atoms with van der Waals surface area (Å²) in [7, 11) is 2.06. The van der Waals surface area contributed by atoms with Gasteiger partial charge in [-0.2, -0.15) is 0 Å². The molecule has 7 heteroatoms. The lowest BCUT2D eigenvalue weighted by molar-refractivity contribution is 0.0657. The van der Waals surface area contributed by atoms with E-state index in [1.807, 2.05) is 29.2 Å². The van der Waals surface area contributed by atoms with Gasteiger partial charge < -0.3 is 15.1 Å². The van der Waals surface area contributed by atoms with Crippen molar-refractivity contribution in [2.24, 2.45) is 0 Å². The fraction of sp³-hybridized carbons (Fsp3) is 0.312. The van der Waals surface area contributed by atoms with Crippen molar-refractivity contribution >= 4 is 33.3 Å². The number of amides is 1. The summed E-state index contributed by atoms with van der Waals surface area (Å²) in [5.41, 5.74) is 1.29. The predicted molar refractivity (Wildman–Crippen MR) is 92.9 cm³/mol. The summed E-state index contributed by atoms with van der Waals surface area (Å²) in [4.78, 5) is 16.4. The number of carbonyl (C=O) groups is 1. The largest absolute Gasteiger partial charge is 0.339 e. The van der Waals surface area contributed by atoms with Crippen LogP contribution in [0.4, 0.5) is 11.5 Å². The molecule has 1 saturated heterocycles. The van der Waals surface area contributed by atoms with Crippen molar-refractivity contribution in [2.75, 3.05) is 38.5 Å². The molecule has 1 amide bonds. The van der Waals surface area contributed by atoms with E-state index < -0.39 is 0 Å². The van der Waals surface area contributed by atoms with E-state index in [4.69, 9.17) is 0 Å². The van der Waals surface area contributed by atoms with Crippen LogP contribution in [0.5, 0.6) is 0 Å². The van der Waals surface area contributed by atoms with Gasteiger partial charge in [0.15, 0.2) is 11.5 Å². The quantitative estimate of drug-likeness (QED) is 0.891. The van der Waals surface area contributed by atoms with Crippen molar-refractivity contribution in [1.29, 1.82) is 0 Å². The van der Waals surface area contributed by atoms with Crippen LogP contribution in [0, 0.1) is 0 Å². The van der Waals surface area contributed by atoms with E-state index in [1.165, 1.54) is 0 Å². The second-order valence-electron chi connectivity index (χ2n) is 5.53. The van der Waals surface area contributed by atoms with Gasteiger partial charge in [-0.3, -0.25) is 4.79 Å². The van der Waals surface area contributed by atoms with Crippen molar-refractivity contribution in [1.82, 2.24) is 20.0 Å². The molecule has 6 nitrogen and oxygen atoms in total. The number of piperazine rings is 1. The SMILES string of the molecule is CN1CCN(C(=O)c2ccc(Nc3cccc(Br)c3)nn2)CC1. The summed E-state index contributed by atoms with van der Waals surface area (Å²) in [6, 6.07) is 11.3. The van der Waals surface area contributed by atoms with Crippen molar-refractivity contribution < 1.29 is 4.79 Å². The lowest BCUT2D eigenvalue weighted by Gasteiger charge is -2.32. The highest BCUT2D eigenvalue weighted by Gasteiger charge is 2.21. The molecule has 0 unspecified atom stereocenters. The maximum Gasteiger partial charge on any atom is 0.274 e. The Morgan fingerprint density at radius 3 is 2.57 bits per heavy atom. The average Bonchev–Trinajstić information content (AvgIpc) is 2.56. The number of benzene rings is 1. The highest BCUT2D eigenvalue weighted by Crippen LogP contribution is 2.19. The number of halogens is 1. The van der Waals surface area contributed by atoms with Crippen molar-refractivity contribution in [2.45, 2.75) is 0 Å². The average molecular weight is 376 g/mol. The van der Waals surface area contributed by atoms with Gasteiger partial charge in [0, 0.05) is 36.3 Å². The molecule has 1 aromatic carbocycles. The Hall–Kier alpha value is -1.99. The zero-order valence-electron chi connectivity index (χ0n) is 12.9. The van der Waals surface area contributed by atoms with Crippen molar-refractivity contribution in [3.8, 4) is 0 Å². The lowest BCUT2D eigenvalue weighted by atomic mass is 10.2. The summed E-state index contributed by atoms with van der Waals surface area (Å²) in [5, 5.41) is 11.3. The highest BCUT2D eigenvalue weighted by molar-refractivity contribution is 9.10. The van der Waals surface area contributed by atoms with E-state index in [9.17, 15) is 4.79 Å². The Balaban J connectivity index is 1.66. The van der Waals surface area contributed by atoms with Crippen molar-refractivity contribution in [3.63, 3.8) is 0 Å². The van der Waals surface area contributed by atoms with Crippen LogP contribution in [0.3, 0.4) is 0 Å². The van der Waals surface area contributed by atoms with Crippen LogP contribution in [0.15, 0.2) is 40.9 Å². The molecule has 0 radical (unpaired) electrons. The summed E-state index contributed by atoms with van der Waals surface area (Å²) in [6.07, 6.45) is 0. The molecular formula is C16H18BrN5O. The molecule has 1 N–H and O–H groups in total. The molecule has 23 heavy (non-hydrogen) atoms. The van der Waals surface area contributed by atoms with Gasteiger partial charge in [-0.15, -0.1) is 10.2 Å². The molecule has 1 aliphatic heterocycles. The third kappa shape index (κ3) is 4.05. The third-order valence-electron chi connectivity index (χ3n) is 3.77. The number of nitrogens with zero attached hydrogens (tertiary/aromatic N) is 4. The van der Waals surface area contributed by atoms with Gasteiger partial charge in [0.2, 0.25) is 0 Å². The van der Waals surface area contributed by atoms with Gasteiger partial charge in [-0.05, 0) is 37.4 Å². The molecule has 0 atom stereocenters. The molecule has 2 aromatic rings. The lowest BCUT2D eigenvalue weighted by Crippen LogP contribution is -2.47. The number of likely N-dealkylation sites (N-methyl/N-ethyl adjacent to an activating group) is 1. The van der Waals surface area contributed by atoms with Gasteiger partial charge in [0.05, 0.1) is 0 Å². The normalized spacial score (nSPS) is 15.5. The number of hydrogen-bond donors (Lipinski definition) is 1. The molecule has 0 aliphatic carbocycles. The Morgan fingerprint density at radius 1 is 1.13 bits per heavy atom. The first kappa shape index (κ1) is 15.9. The van der Waals surface area contributed by atoms with Crippen LogP contribution >= 0.6 is 15.9 Å². The maximum atomic E-state index is 12.4. The Labute approximate surface area is 143 Å². The number of carbonyl (C=O) groups excluding carboxylic acids is 1. The summed E-state index contributed by atoms with van der Waals surface area (Å²) >= 11 is 3.42. The minimum atomic E-state index is -0.0559. The zero-order chi connectivity index (χ0) is 16.2. The van der Waals surface area contributed by atoms with Crippen LogP contribution in [0.2, 0.25) is 0 Å². The topological polar surface area (TPSA) is 61.4 Å². The minimum absolute atomic E-state index is 0.0559. The van der Waals surface area contributed by atoms with Gasteiger partial charge >= 0.3 is 0 Å². The van der Waals surface area contributed by atoms with Gasteiger partial charge in [0.1, 0.15) is 0 Å². The fourth-order valence-corrected chi connectivity index (χ4v) is 2.80. The molecule has 0 saturated carbocycles. The fourth-order valence-electron chi connectivity index (χ4n) is 2.40. The summed E-state index contributed by atoms with van der Waals surface area (Å²) in [6.45, 7) is 3.24. The molecular weight excluding hydrogens is 358 g/mol.